The minimum atomic E-state index is -1.11. The van der Waals surface area contributed by atoms with Gasteiger partial charge in [-0.25, -0.2) is 4.79 Å². The van der Waals surface area contributed by atoms with Gasteiger partial charge in [-0.15, -0.1) is 0 Å². The van der Waals surface area contributed by atoms with Crippen molar-refractivity contribution in [1.29, 1.82) is 0 Å². The summed E-state index contributed by atoms with van der Waals surface area (Å²) in [7, 11) is 0. The normalized spacial score (nSPS) is 10.7. The zero-order chi connectivity index (χ0) is 15.0. The van der Waals surface area contributed by atoms with Crippen molar-refractivity contribution in [3.63, 3.8) is 0 Å². The molecule has 0 bridgehead atoms. The number of aryl methyl sites for hydroxylation is 1. The first-order valence-corrected chi connectivity index (χ1v) is 6.77. The summed E-state index contributed by atoms with van der Waals surface area (Å²) in [6.45, 7) is 1.59. The monoisotopic (exact) mass is 302 g/mol. The molecule has 1 aromatic carbocycles. The lowest BCUT2D eigenvalue weighted by molar-refractivity contribution is 0.0697. The van der Waals surface area contributed by atoms with Gasteiger partial charge in [0.2, 0.25) is 0 Å². The fourth-order valence-corrected chi connectivity index (χ4v) is 2.74. The van der Waals surface area contributed by atoms with E-state index in [9.17, 15) is 9.59 Å². The topological polar surface area (TPSA) is 108 Å². The minimum absolute atomic E-state index is 0.0240. The largest absolute Gasteiger partial charge is 0.478 e. The van der Waals surface area contributed by atoms with Gasteiger partial charge in [0.05, 0.1) is 17.4 Å². The van der Waals surface area contributed by atoms with Crippen LogP contribution in [0.2, 0.25) is 0 Å². The van der Waals surface area contributed by atoms with Gasteiger partial charge in [0.1, 0.15) is 10.6 Å². The second-order valence-electron chi connectivity index (χ2n) is 4.40. The smallest absolute Gasteiger partial charge is 0.340 e. The number of carbonyl (C=O) groups excluding carboxylic acids is 1. The number of fused-ring (bicyclic) bond motifs is 1. The third-order valence-corrected chi connectivity index (χ3v) is 3.86. The average Bonchev–Trinajstić information content (AvgIpc) is 3.04. The molecule has 7 nitrogen and oxygen atoms in total. The molecule has 0 saturated heterocycles. The number of carbonyl (C=O) groups is 2. The molecular weight excluding hydrogens is 292 g/mol. The van der Waals surface area contributed by atoms with Gasteiger partial charge in [0, 0.05) is 10.9 Å². The molecule has 0 saturated carbocycles. The quantitative estimate of drug-likeness (QED) is 0.688. The highest BCUT2D eigenvalue weighted by molar-refractivity contribution is 7.11. The molecule has 0 spiro atoms. The van der Waals surface area contributed by atoms with Crippen LogP contribution < -0.4 is 5.32 Å². The van der Waals surface area contributed by atoms with Crippen molar-refractivity contribution in [3.05, 3.63) is 41.2 Å². The number of aromatic nitrogens is 3. The third-order valence-electron chi connectivity index (χ3n) is 3.01. The number of benzene rings is 1. The van der Waals surface area contributed by atoms with Gasteiger partial charge in [-0.3, -0.25) is 9.89 Å². The molecule has 0 unspecified atom stereocenters. The van der Waals surface area contributed by atoms with Crippen LogP contribution in [0.15, 0.2) is 24.4 Å². The Morgan fingerprint density at radius 1 is 1.38 bits per heavy atom. The highest BCUT2D eigenvalue weighted by Gasteiger charge is 2.19. The molecule has 2 aromatic heterocycles. The van der Waals surface area contributed by atoms with Gasteiger partial charge in [0.25, 0.3) is 5.91 Å². The summed E-state index contributed by atoms with van der Waals surface area (Å²) in [5, 5.41) is 19.5. The van der Waals surface area contributed by atoms with E-state index in [4.69, 9.17) is 5.11 Å². The van der Waals surface area contributed by atoms with Crippen LogP contribution in [-0.4, -0.2) is 31.6 Å². The summed E-state index contributed by atoms with van der Waals surface area (Å²) in [4.78, 5) is 23.4. The van der Waals surface area contributed by atoms with Gasteiger partial charge >= 0.3 is 5.97 Å². The van der Waals surface area contributed by atoms with Crippen LogP contribution in [0.25, 0.3) is 10.9 Å². The number of amides is 1. The summed E-state index contributed by atoms with van der Waals surface area (Å²) >= 11 is 0.950. The lowest BCUT2D eigenvalue weighted by Gasteiger charge is -2.04. The number of nitrogens with one attached hydrogen (secondary N) is 2. The van der Waals surface area contributed by atoms with E-state index in [-0.39, 0.29) is 10.6 Å². The molecule has 106 valence electrons. The van der Waals surface area contributed by atoms with Crippen LogP contribution in [0.5, 0.6) is 0 Å². The molecule has 0 aliphatic carbocycles. The van der Waals surface area contributed by atoms with Gasteiger partial charge in [-0.1, -0.05) is 6.07 Å². The summed E-state index contributed by atoms with van der Waals surface area (Å²) in [6, 6.07) is 5.08. The standard InChI is InChI=1S/C13H10N4O3S/c1-6-10(13(19)20)12(21-17-6)15-11(18)7-2-3-8-5-14-16-9(8)4-7/h2-5H,1H3,(H,14,16)(H,15,18)(H,19,20). The molecule has 3 N–H and O–H groups in total. The average molecular weight is 302 g/mol. The van der Waals surface area contributed by atoms with Crippen molar-refractivity contribution in [3.8, 4) is 0 Å². The molecule has 21 heavy (non-hydrogen) atoms. The third kappa shape index (κ3) is 2.36. The number of H-pyrrole nitrogens is 1. The Hall–Kier alpha value is -2.74. The number of carboxylic acids is 1. The predicted molar refractivity (Wildman–Crippen MR) is 77.9 cm³/mol. The number of rotatable bonds is 3. The van der Waals surface area contributed by atoms with E-state index in [1.54, 1.807) is 31.3 Å². The van der Waals surface area contributed by atoms with Crippen molar-refractivity contribution in [2.75, 3.05) is 5.32 Å². The number of aromatic carboxylic acids is 1. The molecule has 0 aliphatic heterocycles. The van der Waals surface area contributed by atoms with Crippen LogP contribution in [0.3, 0.4) is 0 Å². The van der Waals surface area contributed by atoms with Crippen LogP contribution >= 0.6 is 11.5 Å². The lowest BCUT2D eigenvalue weighted by Crippen LogP contribution is -2.13. The molecule has 0 fully saturated rings. The molecule has 0 aliphatic rings. The number of anilines is 1. The van der Waals surface area contributed by atoms with E-state index in [0.29, 0.717) is 11.3 Å². The maximum Gasteiger partial charge on any atom is 0.340 e. The van der Waals surface area contributed by atoms with Gasteiger partial charge in [-0.05, 0) is 30.6 Å². The maximum atomic E-state index is 12.2. The van der Waals surface area contributed by atoms with Crippen molar-refractivity contribution in [2.24, 2.45) is 0 Å². The molecule has 0 radical (unpaired) electrons. The minimum Gasteiger partial charge on any atom is -0.478 e. The number of nitrogens with zero attached hydrogens (tertiary/aromatic N) is 2. The highest BCUT2D eigenvalue weighted by atomic mass is 32.1. The van der Waals surface area contributed by atoms with E-state index < -0.39 is 11.9 Å². The Morgan fingerprint density at radius 3 is 2.95 bits per heavy atom. The number of aromatic amines is 1. The molecule has 1 amide bonds. The van der Waals surface area contributed by atoms with E-state index >= 15 is 0 Å². The highest BCUT2D eigenvalue weighted by Crippen LogP contribution is 2.25. The Kier molecular flexibility index (Phi) is 3.15. The first-order chi connectivity index (χ1) is 10.1. The van der Waals surface area contributed by atoms with Gasteiger partial charge in [-0.2, -0.15) is 9.47 Å². The van der Waals surface area contributed by atoms with E-state index in [0.717, 1.165) is 22.4 Å². The van der Waals surface area contributed by atoms with Crippen LogP contribution in [0, 0.1) is 6.92 Å². The zero-order valence-electron chi connectivity index (χ0n) is 10.9. The van der Waals surface area contributed by atoms with Gasteiger partial charge in [0.15, 0.2) is 0 Å². The summed E-state index contributed by atoms with van der Waals surface area (Å²) in [5.41, 5.74) is 1.55. The van der Waals surface area contributed by atoms with Crippen molar-refractivity contribution >= 4 is 39.3 Å². The van der Waals surface area contributed by atoms with Crippen LogP contribution in [0.1, 0.15) is 26.4 Å². The first kappa shape index (κ1) is 13.3. The number of carboxylic acid groups (broad SMARTS) is 1. The van der Waals surface area contributed by atoms with E-state index in [2.05, 4.69) is 19.9 Å². The molecule has 0 atom stereocenters. The van der Waals surface area contributed by atoms with Crippen molar-refractivity contribution in [2.45, 2.75) is 6.92 Å². The summed E-state index contributed by atoms with van der Waals surface area (Å²) in [6.07, 6.45) is 1.66. The SMILES string of the molecule is Cc1nsc(NC(=O)c2ccc3cn[nH]c3c2)c1C(=O)O. The Morgan fingerprint density at radius 2 is 2.19 bits per heavy atom. The van der Waals surface area contributed by atoms with Crippen molar-refractivity contribution < 1.29 is 14.7 Å². The maximum absolute atomic E-state index is 12.2. The molecular formula is C13H10N4O3S. The molecule has 2 heterocycles. The first-order valence-electron chi connectivity index (χ1n) is 6.00. The Bertz CT molecular complexity index is 852. The fraction of sp³-hybridized carbons (Fsp3) is 0.0769. The zero-order valence-corrected chi connectivity index (χ0v) is 11.7. The Labute approximate surface area is 122 Å². The number of hydrogen-bond donors (Lipinski definition) is 3. The molecule has 3 rings (SSSR count). The van der Waals surface area contributed by atoms with Crippen molar-refractivity contribution in [1.82, 2.24) is 14.6 Å². The summed E-state index contributed by atoms with van der Waals surface area (Å²) < 4.78 is 3.96. The lowest BCUT2D eigenvalue weighted by atomic mass is 10.1. The molecule has 8 heteroatoms. The van der Waals surface area contributed by atoms with E-state index in [1.165, 1.54) is 0 Å². The van der Waals surface area contributed by atoms with Crippen LogP contribution in [0.4, 0.5) is 5.00 Å². The van der Waals surface area contributed by atoms with E-state index in [1.807, 2.05) is 0 Å². The Balaban J connectivity index is 1.91. The second-order valence-corrected chi connectivity index (χ2v) is 5.18. The fourth-order valence-electron chi connectivity index (χ4n) is 1.96. The predicted octanol–water partition coefficient (Wildman–Crippen LogP) is 2.28. The summed E-state index contributed by atoms with van der Waals surface area (Å²) in [5.74, 6) is -1.50. The van der Waals surface area contributed by atoms with Gasteiger partial charge < -0.3 is 10.4 Å². The number of hydrogen-bond acceptors (Lipinski definition) is 5. The second kappa shape index (κ2) is 4.98. The molecule has 3 aromatic rings. The van der Waals surface area contributed by atoms with Crippen LogP contribution in [-0.2, 0) is 0 Å².